The second kappa shape index (κ2) is 6.77. The van der Waals surface area contributed by atoms with Gasteiger partial charge in [0.1, 0.15) is 8.64 Å². The molecule has 2 heterocycles. The van der Waals surface area contributed by atoms with Crippen LogP contribution in [0.25, 0.3) is 0 Å². The molecule has 0 aromatic heterocycles. The lowest BCUT2D eigenvalue weighted by molar-refractivity contribution is 0.277. The van der Waals surface area contributed by atoms with E-state index in [0.29, 0.717) is 12.1 Å². The zero-order valence-corrected chi connectivity index (χ0v) is 14.2. The number of thioether (sulfide) groups is 2. The first kappa shape index (κ1) is 14.9. The molecule has 2 aliphatic heterocycles. The number of nitrogens with zero attached hydrogens (tertiary/aromatic N) is 2. The molecule has 2 unspecified atom stereocenters. The SMILES string of the molecule is CCC1CSC(=S)N1CCN1C(=S)SCC1CC. The highest BCUT2D eigenvalue weighted by Crippen LogP contribution is 2.28. The lowest BCUT2D eigenvalue weighted by atomic mass is 10.2. The van der Waals surface area contributed by atoms with E-state index in [1.807, 2.05) is 23.5 Å². The zero-order chi connectivity index (χ0) is 13.1. The molecule has 0 spiro atoms. The molecule has 0 amide bonds. The van der Waals surface area contributed by atoms with Crippen molar-refractivity contribution in [2.45, 2.75) is 38.8 Å². The minimum atomic E-state index is 0.631. The summed E-state index contributed by atoms with van der Waals surface area (Å²) in [5.41, 5.74) is 0. The van der Waals surface area contributed by atoms with E-state index in [9.17, 15) is 0 Å². The summed E-state index contributed by atoms with van der Waals surface area (Å²) in [6, 6.07) is 1.26. The third kappa shape index (κ3) is 3.14. The summed E-state index contributed by atoms with van der Waals surface area (Å²) in [6.45, 7) is 6.55. The highest BCUT2D eigenvalue weighted by molar-refractivity contribution is 8.23. The van der Waals surface area contributed by atoms with E-state index in [1.165, 1.54) is 12.8 Å². The van der Waals surface area contributed by atoms with Gasteiger partial charge in [-0.1, -0.05) is 61.8 Å². The lowest BCUT2D eigenvalue weighted by Crippen LogP contribution is -2.42. The molecule has 2 fully saturated rings. The Hall–Kier alpha value is 0.480. The molecular formula is C12H20N2S4. The second-order valence-electron chi connectivity index (χ2n) is 4.66. The van der Waals surface area contributed by atoms with Crippen molar-refractivity contribution < 1.29 is 0 Å². The van der Waals surface area contributed by atoms with Gasteiger partial charge in [0.15, 0.2) is 0 Å². The van der Waals surface area contributed by atoms with E-state index in [2.05, 4.69) is 23.6 Å². The van der Waals surface area contributed by atoms with E-state index in [4.69, 9.17) is 24.4 Å². The van der Waals surface area contributed by atoms with Gasteiger partial charge in [0.05, 0.1) is 0 Å². The summed E-state index contributed by atoms with van der Waals surface area (Å²) < 4.78 is 2.15. The van der Waals surface area contributed by atoms with Gasteiger partial charge in [-0.15, -0.1) is 0 Å². The molecule has 2 rings (SSSR count). The summed E-state index contributed by atoms with van der Waals surface area (Å²) in [5, 5.41) is 0. The van der Waals surface area contributed by atoms with Crippen molar-refractivity contribution in [1.29, 1.82) is 0 Å². The summed E-state index contributed by atoms with van der Waals surface area (Å²) in [7, 11) is 0. The molecule has 2 aliphatic rings. The highest BCUT2D eigenvalue weighted by atomic mass is 32.2. The molecule has 18 heavy (non-hydrogen) atoms. The molecule has 0 saturated carbocycles. The Morgan fingerprint density at radius 2 is 1.33 bits per heavy atom. The Morgan fingerprint density at radius 1 is 0.944 bits per heavy atom. The molecule has 0 N–H and O–H groups in total. The summed E-state index contributed by atoms with van der Waals surface area (Å²) in [6.07, 6.45) is 2.37. The lowest BCUT2D eigenvalue weighted by Gasteiger charge is -2.30. The van der Waals surface area contributed by atoms with Crippen LogP contribution in [-0.4, -0.2) is 55.1 Å². The molecule has 102 valence electrons. The summed E-state index contributed by atoms with van der Waals surface area (Å²) in [4.78, 5) is 4.80. The Morgan fingerprint density at radius 3 is 1.67 bits per heavy atom. The van der Waals surface area contributed by atoms with Crippen LogP contribution in [0.15, 0.2) is 0 Å². The van der Waals surface area contributed by atoms with Gasteiger partial charge < -0.3 is 9.80 Å². The van der Waals surface area contributed by atoms with Crippen LogP contribution in [0.5, 0.6) is 0 Å². The minimum absolute atomic E-state index is 0.631. The highest BCUT2D eigenvalue weighted by Gasteiger charge is 2.31. The number of hydrogen-bond donors (Lipinski definition) is 0. The largest absolute Gasteiger partial charge is 0.352 e. The fraction of sp³-hybridized carbons (Fsp3) is 0.833. The normalized spacial score (nSPS) is 28.6. The monoisotopic (exact) mass is 320 g/mol. The third-order valence-electron chi connectivity index (χ3n) is 3.67. The Balaban J connectivity index is 1.90. The molecule has 2 saturated heterocycles. The summed E-state index contributed by atoms with van der Waals surface area (Å²) in [5.74, 6) is 2.32. The molecule has 0 radical (unpaired) electrons. The van der Waals surface area contributed by atoms with Crippen molar-refractivity contribution in [1.82, 2.24) is 9.80 Å². The van der Waals surface area contributed by atoms with Crippen LogP contribution >= 0.6 is 48.0 Å². The van der Waals surface area contributed by atoms with Gasteiger partial charge in [0.2, 0.25) is 0 Å². The van der Waals surface area contributed by atoms with Crippen molar-refractivity contribution in [3.8, 4) is 0 Å². The fourth-order valence-corrected chi connectivity index (χ4v) is 5.62. The fourth-order valence-electron chi connectivity index (χ4n) is 2.42. The molecule has 0 aromatic rings. The van der Waals surface area contributed by atoms with Gasteiger partial charge >= 0.3 is 0 Å². The summed E-state index contributed by atoms with van der Waals surface area (Å²) >= 11 is 14.5. The third-order valence-corrected chi connectivity index (χ3v) is 6.92. The van der Waals surface area contributed by atoms with E-state index in [-0.39, 0.29) is 0 Å². The topological polar surface area (TPSA) is 6.48 Å². The van der Waals surface area contributed by atoms with E-state index < -0.39 is 0 Å². The van der Waals surface area contributed by atoms with E-state index >= 15 is 0 Å². The first-order valence-electron chi connectivity index (χ1n) is 6.54. The number of rotatable bonds is 5. The second-order valence-corrected chi connectivity index (χ2v) is 7.97. The van der Waals surface area contributed by atoms with Gasteiger partial charge in [-0.25, -0.2) is 0 Å². The molecule has 2 nitrogen and oxygen atoms in total. The zero-order valence-electron chi connectivity index (χ0n) is 10.9. The quantitative estimate of drug-likeness (QED) is 0.713. The molecule has 2 atom stereocenters. The molecule has 6 heteroatoms. The van der Waals surface area contributed by atoms with Gasteiger partial charge in [-0.2, -0.15) is 0 Å². The molecular weight excluding hydrogens is 300 g/mol. The Labute approximate surface area is 129 Å². The van der Waals surface area contributed by atoms with Gasteiger partial charge in [-0.3, -0.25) is 0 Å². The van der Waals surface area contributed by atoms with Crippen molar-refractivity contribution in [3.05, 3.63) is 0 Å². The minimum Gasteiger partial charge on any atom is -0.352 e. The Kier molecular flexibility index (Phi) is 5.60. The average Bonchev–Trinajstić information content (AvgIpc) is 2.90. The predicted octanol–water partition coefficient (Wildman–Crippen LogP) is 3.21. The van der Waals surface area contributed by atoms with Crippen LogP contribution in [0.2, 0.25) is 0 Å². The maximum Gasteiger partial charge on any atom is 0.136 e. The number of hydrogen-bond acceptors (Lipinski definition) is 4. The Bertz CT molecular complexity index is 302. The van der Waals surface area contributed by atoms with E-state index in [0.717, 1.165) is 33.2 Å². The van der Waals surface area contributed by atoms with Crippen LogP contribution < -0.4 is 0 Å². The maximum atomic E-state index is 5.44. The van der Waals surface area contributed by atoms with Gasteiger partial charge in [0, 0.05) is 36.7 Å². The number of thiocarbonyl (C=S) groups is 2. The van der Waals surface area contributed by atoms with Crippen molar-refractivity contribution in [2.24, 2.45) is 0 Å². The van der Waals surface area contributed by atoms with E-state index in [1.54, 1.807) is 0 Å². The van der Waals surface area contributed by atoms with Crippen LogP contribution in [-0.2, 0) is 0 Å². The van der Waals surface area contributed by atoms with Crippen molar-refractivity contribution >= 4 is 56.6 Å². The van der Waals surface area contributed by atoms with Crippen LogP contribution in [0.3, 0.4) is 0 Å². The predicted molar refractivity (Wildman–Crippen MR) is 91.7 cm³/mol. The first-order chi connectivity index (χ1) is 8.67. The standard InChI is InChI=1S/C12H20N2S4/c1-3-9-7-17-11(15)13(9)5-6-14-10(4-2)8-18-12(14)16/h9-10H,3-8H2,1-2H3. The smallest absolute Gasteiger partial charge is 0.136 e. The van der Waals surface area contributed by atoms with Crippen molar-refractivity contribution in [2.75, 3.05) is 24.6 Å². The first-order valence-corrected chi connectivity index (χ1v) is 9.32. The van der Waals surface area contributed by atoms with Crippen molar-refractivity contribution in [3.63, 3.8) is 0 Å². The molecule has 0 aliphatic carbocycles. The maximum absolute atomic E-state index is 5.44. The molecule has 0 aromatic carbocycles. The van der Waals surface area contributed by atoms with Crippen LogP contribution in [0.4, 0.5) is 0 Å². The average molecular weight is 321 g/mol. The van der Waals surface area contributed by atoms with Gasteiger partial charge in [-0.05, 0) is 12.8 Å². The molecule has 0 bridgehead atoms. The van der Waals surface area contributed by atoms with Crippen LogP contribution in [0.1, 0.15) is 26.7 Å². The van der Waals surface area contributed by atoms with Crippen LogP contribution in [0, 0.1) is 0 Å². The van der Waals surface area contributed by atoms with Gasteiger partial charge in [0.25, 0.3) is 0 Å².